The van der Waals surface area contributed by atoms with Crippen LogP contribution in [0.3, 0.4) is 0 Å². The van der Waals surface area contributed by atoms with Crippen molar-refractivity contribution >= 4 is 15.7 Å². The van der Waals surface area contributed by atoms with Gasteiger partial charge in [0.2, 0.25) is 10.0 Å². The Hall–Kier alpha value is -1.18. The number of nitrogens with two attached hydrogens (primary N) is 2. The first kappa shape index (κ1) is 15.2. The monoisotopic (exact) mass is 301 g/mol. The molecule has 5 nitrogen and oxygen atoms in total. The molecule has 1 fully saturated rings. The van der Waals surface area contributed by atoms with E-state index in [1.165, 1.54) is 12.1 Å². The molecule has 2 rings (SSSR count). The number of hydrogen-bond acceptors (Lipinski definition) is 4. The van der Waals surface area contributed by atoms with E-state index >= 15 is 0 Å². The minimum absolute atomic E-state index is 0.200. The highest BCUT2D eigenvalue weighted by atomic mass is 32.2. The highest BCUT2D eigenvalue weighted by Gasteiger charge is 2.22. The molecule has 0 spiro atoms. The average Bonchev–Trinajstić information content (AvgIpc) is 2.38. The number of rotatable bonds is 4. The minimum atomic E-state index is -3.87. The molecule has 0 radical (unpaired) electrons. The summed E-state index contributed by atoms with van der Waals surface area (Å²) in [6.07, 6.45) is 3.01. The van der Waals surface area contributed by atoms with Crippen molar-refractivity contribution in [2.45, 2.75) is 24.2 Å². The minimum Gasteiger partial charge on any atom is -0.369 e. The maximum atomic E-state index is 14.1. The number of piperidine rings is 1. The zero-order chi connectivity index (χ0) is 14.8. The molecular weight excluding hydrogens is 281 g/mol. The zero-order valence-corrected chi connectivity index (χ0v) is 12.1. The SMILES string of the molecule is NCCC1CCCN(c2ccc(S(N)(=O)=O)cc2F)C1. The third kappa shape index (κ3) is 3.47. The van der Waals surface area contributed by atoms with Gasteiger partial charge in [-0.3, -0.25) is 0 Å². The van der Waals surface area contributed by atoms with Crippen LogP contribution in [0.25, 0.3) is 0 Å². The second-order valence-electron chi connectivity index (χ2n) is 5.19. The first-order valence-electron chi connectivity index (χ1n) is 6.69. The van der Waals surface area contributed by atoms with Crippen LogP contribution in [0.4, 0.5) is 10.1 Å². The Morgan fingerprint density at radius 3 is 2.75 bits per heavy atom. The van der Waals surface area contributed by atoms with Crippen molar-refractivity contribution in [2.75, 3.05) is 24.5 Å². The molecule has 0 aromatic heterocycles. The smallest absolute Gasteiger partial charge is 0.238 e. The maximum Gasteiger partial charge on any atom is 0.238 e. The van der Waals surface area contributed by atoms with Gasteiger partial charge in [0.1, 0.15) is 5.82 Å². The molecule has 0 bridgehead atoms. The van der Waals surface area contributed by atoms with E-state index in [1.807, 2.05) is 4.90 Å². The third-order valence-electron chi connectivity index (χ3n) is 3.68. The molecule has 1 aromatic rings. The highest BCUT2D eigenvalue weighted by Crippen LogP contribution is 2.28. The Balaban J connectivity index is 2.20. The predicted molar refractivity (Wildman–Crippen MR) is 76.4 cm³/mol. The summed E-state index contributed by atoms with van der Waals surface area (Å²) in [6, 6.07) is 3.82. The number of hydrogen-bond donors (Lipinski definition) is 2. The summed E-state index contributed by atoms with van der Waals surface area (Å²) in [5.41, 5.74) is 6.00. The Bertz CT molecular complexity index is 575. The molecule has 1 aromatic carbocycles. The Morgan fingerprint density at radius 1 is 1.40 bits per heavy atom. The standard InChI is InChI=1S/C13H20FN3O2S/c14-12-8-11(20(16,18)19)3-4-13(12)17-7-1-2-10(9-17)5-6-15/h3-4,8,10H,1-2,5-7,9,15H2,(H2,16,18,19). The van der Waals surface area contributed by atoms with Gasteiger partial charge in [0, 0.05) is 13.1 Å². The van der Waals surface area contributed by atoms with E-state index < -0.39 is 15.8 Å². The summed E-state index contributed by atoms with van der Waals surface area (Å²) in [6.45, 7) is 2.15. The van der Waals surface area contributed by atoms with Gasteiger partial charge in [0.15, 0.2) is 0 Å². The van der Waals surface area contributed by atoms with Crippen LogP contribution in [-0.4, -0.2) is 28.1 Å². The van der Waals surface area contributed by atoms with E-state index in [0.717, 1.165) is 38.4 Å². The molecule has 112 valence electrons. The Labute approximate surface area is 118 Å². The summed E-state index contributed by atoms with van der Waals surface area (Å²) in [5, 5.41) is 4.99. The summed E-state index contributed by atoms with van der Waals surface area (Å²) in [5.74, 6) is -0.0870. The maximum absolute atomic E-state index is 14.1. The van der Waals surface area contributed by atoms with Crippen molar-refractivity contribution in [3.05, 3.63) is 24.0 Å². The van der Waals surface area contributed by atoms with Crippen LogP contribution in [0.1, 0.15) is 19.3 Å². The normalized spacial score (nSPS) is 20.1. The van der Waals surface area contributed by atoms with E-state index in [1.54, 1.807) is 0 Å². The second-order valence-corrected chi connectivity index (χ2v) is 6.75. The van der Waals surface area contributed by atoms with Gasteiger partial charge >= 0.3 is 0 Å². The van der Waals surface area contributed by atoms with Crippen molar-refractivity contribution < 1.29 is 12.8 Å². The van der Waals surface area contributed by atoms with E-state index in [4.69, 9.17) is 10.9 Å². The van der Waals surface area contributed by atoms with E-state index in [9.17, 15) is 12.8 Å². The molecule has 1 aliphatic rings. The van der Waals surface area contributed by atoms with Crippen LogP contribution in [0.5, 0.6) is 0 Å². The van der Waals surface area contributed by atoms with E-state index in [0.29, 0.717) is 18.2 Å². The Morgan fingerprint density at radius 2 is 2.15 bits per heavy atom. The molecule has 20 heavy (non-hydrogen) atoms. The van der Waals surface area contributed by atoms with E-state index in [-0.39, 0.29) is 4.90 Å². The molecular formula is C13H20FN3O2S. The molecule has 1 atom stereocenters. The largest absolute Gasteiger partial charge is 0.369 e. The highest BCUT2D eigenvalue weighted by molar-refractivity contribution is 7.89. The number of primary sulfonamides is 1. The van der Waals surface area contributed by atoms with Crippen LogP contribution in [0.2, 0.25) is 0 Å². The van der Waals surface area contributed by atoms with Gasteiger partial charge in [-0.2, -0.15) is 0 Å². The Kier molecular flexibility index (Phi) is 4.62. The predicted octanol–water partition coefficient (Wildman–Crippen LogP) is 1.04. The van der Waals surface area contributed by atoms with Crippen LogP contribution in [0, 0.1) is 11.7 Å². The average molecular weight is 301 g/mol. The lowest BCUT2D eigenvalue weighted by atomic mass is 9.94. The van der Waals surface area contributed by atoms with Crippen LogP contribution < -0.4 is 15.8 Å². The van der Waals surface area contributed by atoms with Crippen LogP contribution >= 0.6 is 0 Å². The van der Waals surface area contributed by atoms with Crippen LogP contribution in [0.15, 0.2) is 23.1 Å². The molecule has 1 saturated heterocycles. The van der Waals surface area contributed by atoms with Gasteiger partial charge < -0.3 is 10.6 Å². The van der Waals surface area contributed by atoms with Crippen molar-refractivity contribution in [1.29, 1.82) is 0 Å². The number of benzene rings is 1. The number of halogens is 1. The fourth-order valence-corrected chi connectivity index (χ4v) is 3.20. The summed E-state index contributed by atoms with van der Waals surface area (Å²) >= 11 is 0. The second kappa shape index (κ2) is 6.07. The van der Waals surface area contributed by atoms with Crippen molar-refractivity contribution in [3.63, 3.8) is 0 Å². The zero-order valence-electron chi connectivity index (χ0n) is 11.3. The van der Waals surface area contributed by atoms with Crippen molar-refractivity contribution in [1.82, 2.24) is 0 Å². The van der Waals surface area contributed by atoms with Crippen molar-refractivity contribution in [2.24, 2.45) is 16.8 Å². The van der Waals surface area contributed by atoms with Gasteiger partial charge in [-0.05, 0) is 49.9 Å². The topological polar surface area (TPSA) is 89.4 Å². The van der Waals surface area contributed by atoms with Gasteiger partial charge in [-0.25, -0.2) is 17.9 Å². The van der Waals surface area contributed by atoms with Crippen molar-refractivity contribution in [3.8, 4) is 0 Å². The lowest BCUT2D eigenvalue weighted by Gasteiger charge is -2.34. The molecule has 1 aliphatic heterocycles. The number of anilines is 1. The quantitative estimate of drug-likeness (QED) is 0.869. The number of sulfonamides is 1. The molecule has 0 amide bonds. The van der Waals surface area contributed by atoms with Crippen LogP contribution in [-0.2, 0) is 10.0 Å². The molecule has 7 heteroatoms. The summed E-state index contributed by atoms with van der Waals surface area (Å²) in [4.78, 5) is 1.75. The van der Waals surface area contributed by atoms with Gasteiger partial charge in [-0.1, -0.05) is 0 Å². The lowest BCUT2D eigenvalue weighted by molar-refractivity contribution is 0.393. The number of nitrogens with zero attached hydrogens (tertiary/aromatic N) is 1. The fraction of sp³-hybridized carbons (Fsp3) is 0.538. The first-order valence-corrected chi connectivity index (χ1v) is 8.24. The lowest BCUT2D eigenvalue weighted by Crippen LogP contribution is -2.36. The fourth-order valence-electron chi connectivity index (χ4n) is 2.68. The molecule has 0 aliphatic carbocycles. The third-order valence-corrected chi connectivity index (χ3v) is 4.59. The van der Waals surface area contributed by atoms with Gasteiger partial charge in [0.05, 0.1) is 10.6 Å². The summed E-state index contributed by atoms with van der Waals surface area (Å²) < 4.78 is 36.5. The first-order chi connectivity index (χ1) is 9.41. The molecule has 1 heterocycles. The van der Waals surface area contributed by atoms with Gasteiger partial charge in [0.25, 0.3) is 0 Å². The van der Waals surface area contributed by atoms with E-state index in [2.05, 4.69) is 0 Å². The van der Waals surface area contributed by atoms with Gasteiger partial charge in [-0.15, -0.1) is 0 Å². The molecule has 0 saturated carbocycles. The molecule has 1 unspecified atom stereocenters. The summed E-state index contributed by atoms with van der Waals surface area (Å²) in [7, 11) is -3.87. The molecule has 4 N–H and O–H groups in total.